The molecule has 2 nitrogen and oxygen atoms in total. The molecule has 1 aliphatic carbocycles. The first-order chi connectivity index (χ1) is 6.70. The van der Waals surface area contributed by atoms with E-state index in [4.69, 9.17) is 0 Å². The monoisotopic (exact) mass is 199 g/mol. The number of nitrogens with one attached hydrogen (secondary N) is 1. The van der Waals surface area contributed by atoms with E-state index in [2.05, 4.69) is 19.2 Å². The zero-order valence-electron chi connectivity index (χ0n) is 9.68. The molecule has 0 aliphatic heterocycles. The molecule has 0 aromatic rings. The molecule has 0 bridgehead atoms. The van der Waals surface area contributed by atoms with E-state index in [1.165, 1.54) is 19.3 Å². The molecule has 0 spiro atoms. The summed E-state index contributed by atoms with van der Waals surface area (Å²) in [5.74, 6) is 0. The molecule has 84 valence electrons. The van der Waals surface area contributed by atoms with E-state index in [1.807, 2.05) is 0 Å². The minimum Gasteiger partial charge on any atom is -0.389 e. The molecular weight excluding hydrogens is 174 g/mol. The molecule has 1 aliphatic rings. The van der Waals surface area contributed by atoms with Gasteiger partial charge in [-0.3, -0.25) is 0 Å². The lowest BCUT2D eigenvalue weighted by Gasteiger charge is -2.33. The fourth-order valence-electron chi connectivity index (χ4n) is 2.30. The molecule has 0 unspecified atom stereocenters. The van der Waals surface area contributed by atoms with Crippen LogP contribution in [0.2, 0.25) is 0 Å². The van der Waals surface area contributed by atoms with Crippen molar-refractivity contribution in [3.05, 3.63) is 0 Å². The Labute approximate surface area is 88.1 Å². The van der Waals surface area contributed by atoms with Crippen molar-refractivity contribution in [1.29, 1.82) is 0 Å². The van der Waals surface area contributed by atoms with Crippen molar-refractivity contribution in [1.82, 2.24) is 5.32 Å². The first-order valence-electron chi connectivity index (χ1n) is 6.16. The van der Waals surface area contributed by atoms with Gasteiger partial charge in [-0.05, 0) is 25.7 Å². The molecule has 0 aromatic heterocycles. The third kappa shape index (κ3) is 3.58. The van der Waals surface area contributed by atoms with Crippen molar-refractivity contribution in [3.63, 3.8) is 0 Å². The van der Waals surface area contributed by atoms with Gasteiger partial charge in [0.1, 0.15) is 0 Å². The fraction of sp³-hybridized carbons (Fsp3) is 1.00. The average Bonchev–Trinajstić information content (AvgIpc) is 2.20. The summed E-state index contributed by atoms with van der Waals surface area (Å²) in [4.78, 5) is 0. The standard InChI is InChI=1S/C12H25NO/c1-3-11(4-2)13-10-12(14)8-6-5-7-9-12/h11,13-14H,3-10H2,1-2H3. The first-order valence-corrected chi connectivity index (χ1v) is 6.16. The van der Waals surface area contributed by atoms with Crippen LogP contribution in [0.1, 0.15) is 58.8 Å². The van der Waals surface area contributed by atoms with Gasteiger partial charge in [-0.2, -0.15) is 0 Å². The van der Waals surface area contributed by atoms with Crippen LogP contribution >= 0.6 is 0 Å². The van der Waals surface area contributed by atoms with E-state index in [-0.39, 0.29) is 0 Å². The summed E-state index contributed by atoms with van der Waals surface area (Å²) in [6.45, 7) is 5.19. The van der Waals surface area contributed by atoms with Crippen LogP contribution in [-0.2, 0) is 0 Å². The van der Waals surface area contributed by atoms with Gasteiger partial charge in [-0.15, -0.1) is 0 Å². The largest absolute Gasteiger partial charge is 0.389 e. The number of hydrogen-bond donors (Lipinski definition) is 2. The molecule has 1 rings (SSSR count). The third-order valence-electron chi connectivity index (χ3n) is 3.49. The van der Waals surface area contributed by atoms with Crippen molar-refractivity contribution >= 4 is 0 Å². The Morgan fingerprint density at radius 1 is 1.14 bits per heavy atom. The number of aliphatic hydroxyl groups is 1. The molecule has 14 heavy (non-hydrogen) atoms. The van der Waals surface area contributed by atoms with Gasteiger partial charge in [0, 0.05) is 12.6 Å². The molecule has 0 aromatic carbocycles. The SMILES string of the molecule is CCC(CC)NCC1(O)CCCCC1. The van der Waals surface area contributed by atoms with Crippen LogP contribution in [-0.4, -0.2) is 23.3 Å². The summed E-state index contributed by atoms with van der Waals surface area (Å²) in [5, 5.41) is 13.7. The van der Waals surface area contributed by atoms with Gasteiger partial charge in [-0.25, -0.2) is 0 Å². The smallest absolute Gasteiger partial charge is 0.0771 e. The maximum atomic E-state index is 10.2. The summed E-state index contributed by atoms with van der Waals surface area (Å²) in [5.41, 5.74) is -0.402. The molecule has 0 radical (unpaired) electrons. The van der Waals surface area contributed by atoms with E-state index in [9.17, 15) is 5.11 Å². The van der Waals surface area contributed by atoms with Crippen LogP contribution in [0.25, 0.3) is 0 Å². The number of rotatable bonds is 5. The summed E-state index contributed by atoms with van der Waals surface area (Å²) >= 11 is 0. The van der Waals surface area contributed by atoms with E-state index in [0.29, 0.717) is 6.04 Å². The molecule has 2 N–H and O–H groups in total. The van der Waals surface area contributed by atoms with Gasteiger partial charge in [0.2, 0.25) is 0 Å². The highest BCUT2D eigenvalue weighted by molar-refractivity contribution is 4.85. The second kappa shape index (κ2) is 5.72. The van der Waals surface area contributed by atoms with Gasteiger partial charge in [0.15, 0.2) is 0 Å². The lowest BCUT2D eigenvalue weighted by molar-refractivity contribution is 0.00246. The molecule has 0 heterocycles. The average molecular weight is 199 g/mol. The van der Waals surface area contributed by atoms with Crippen molar-refractivity contribution in [3.8, 4) is 0 Å². The highest BCUT2D eigenvalue weighted by Gasteiger charge is 2.28. The summed E-state index contributed by atoms with van der Waals surface area (Å²) in [6.07, 6.45) is 7.98. The minimum atomic E-state index is -0.402. The Morgan fingerprint density at radius 3 is 2.21 bits per heavy atom. The molecular formula is C12H25NO. The lowest BCUT2D eigenvalue weighted by Crippen LogP contribution is -2.45. The zero-order chi connectivity index (χ0) is 10.4. The van der Waals surface area contributed by atoms with Gasteiger partial charge in [0.25, 0.3) is 0 Å². The Kier molecular flexibility index (Phi) is 4.90. The van der Waals surface area contributed by atoms with E-state index in [1.54, 1.807) is 0 Å². The van der Waals surface area contributed by atoms with Crippen molar-refractivity contribution in [2.75, 3.05) is 6.54 Å². The predicted octanol–water partition coefficient (Wildman–Crippen LogP) is 2.46. The fourth-order valence-corrected chi connectivity index (χ4v) is 2.30. The van der Waals surface area contributed by atoms with Crippen LogP contribution in [0.4, 0.5) is 0 Å². The Balaban J connectivity index is 2.27. The van der Waals surface area contributed by atoms with Gasteiger partial charge < -0.3 is 10.4 Å². The summed E-state index contributed by atoms with van der Waals surface area (Å²) < 4.78 is 0. The van der Waals surface area contributed by atoms with E-state index < -0.39 is 5.60 Å². The van der Waals surface area contributed by atoms with Gasteiger partial charge in [-0.1, -0.05) is 33.1 Å². The van der Waals surface area contributed by atoms with Crippen molar-refractivity contribution in [2.24, 2.45) is 0 Å². The highest BCUT2D eigenvalue weighted by atomic mass is 16.3. The molecule has 1 saturated carbocycles. The number of hydrogen-bond acceptors (Lipinski definition) is 2. The Morgan fingerprint density at radius 2 is 1.71 bits per heavy atom. The van der Waals surface area contributed by atoms with Crippen molar-refractivity contribution in [2.45, 2.75) is 70.4 Å². The second-order valence-corrected chi connectivity index (χ2v) is 4.68. The van der Waals surface area contributed by atoms with Gasteiger partial charge in [0.05, 0.1) is 5.60 Å². The molecule has 0 saturated heterocycles. The predicted molar refractivity (Wildman–Crippen MR) is 60.4 cm³/mol. The van der Waals surface area contributed by atoms with Crippen LogP contribution in [0.5, 0.6) is 0 Å². The zero-order valence-corrected chi connectivity index (χ0v) is 9.68. The Bertz CT molecular complexity index is 148. The lowest BCUT2D eigenvalue weighted by atomic mass is 9.84. The summed E-state index contributed by atoms with van der Waals surface area (Å²) in [7, 11) is 0. The normalized spacial score (nSPS) is 21.4. The van der Waals surface area contributed by atoms with E-state index in [0.717, 1.165) is 32.2 Å². The third-order valence-corrected chi connectivity index (χ3v) is 3.49. The first kappa shape index (κ1) is 12.0. The topological polar surface area (TPSA) is 32.3 Å². The van der Waals surface area contributed by atoms with Gasteiger partial charge >= 0.3 is 0 Å². The molecule has 0 atom stereocenters. The molecule has 0 amide bonds. The maximum absolute atomic E-state index is 10.2. The minimum absolute atomic E-state index is 0.402. The summed E-state index contributed by atoms with van der Waals surface area (Å²) in [6, 6.07) is 0.584. The maximum Gasteiger partial charge on any atom is 0.0771 e. The molecule has 2 heteroatoms. The highest BCUT2D eigenvalue weighted by Crippen LogP contribution is 2.27. The van der Waals surface area contributed by atoms with Crippen molar-refractivity contribution < 1.29 is 5.11 Å². The Hall–Kier alpha value is -0.0800. The van der Waals surface area contributed by atoms with Crippen LogP contribution in [0, 0.1) is 0 Å². The van der Waals surface area contributed by atoms with Crippen LogP contribution in [0.15, 0.2) is 0 Å². The van der Waals surface area contributed by atoms with E-state index >= 15 is 0 Å². The quantitative estimate of drug-likeness (QED) is 0.713. The van der Waals surface area contributed by atoms with Crippen LogP contribution < -0.4 is 5.32 Å². The van der Waals surface area contributed by atoms with Crippen LogP contribution in [0.3, 0.4) is 0 Å². The molecule has 1 fully saturated rings. The second-order valence-electron chi connectivity index (χ2n) is 4.68.